The van der Waals surface area contributed by atoms with Crippen LogP contribution in [0.25, 0.3) is 0 Å². The summed E-state index contributed by atoms with van der Waals surface area (Å²) in [5.41, 5.74) is 0. The highest BCUT2D eigenvalue weighted by Crippen LogP contribution is 1.86. The molecule has 0 bridgehead atoms. The maximum absolute atomic E-state index is 10.5. The molecule has 86 valence electrons. The molecule has 0 aromatic carbocycles. The Morgan fingerprint density at radius 2 is 1.87 bits per heavy atom. The third-order valence-electron chi connectivity index (χ3n) is 0.922. The second kappa shape index (κ2) is 10.4. The first-order chi connectivity index (χ1) is 6.93. The molecule has 0 atom stereocenters. The lowest BCUT2D eigenvalue weighted by atomic mass is 10.3. The Balaban J connectivity index is 0. The van der Waals surface area contributed by atoms with Crippen LogP contribution in [0.15, 0.2) is 12.7 Å². The molecular weight excluding hydrogens is 204 g/mol. The van der Waals surface area contributed by atoms with Crippen LogP contribution in [0, 0.1) is 0 Å². The Labute approximate surface area is 87.2 Å². The van der Waals surface area contributed by atoms with Gasteiger partial charge in [-0.15, -0.1) is 0 Å². The second-order valence-corrected chi connectivity index (χ2v) is 2.37. The monoisotopic (exact) mass is 218 g/mol. The van der Waals surface area contributed by atoms with Crippen LogP contribution in [0.4, 0.5) is 0 Å². The molecule has 6 heteroatoms. The molecule has 0 spiro atoms. The number of Topliss-reactive ketones (excluding diaryl/α,β-unsaturated/α-hetero) is 1. The Hall–Kier alpha value is -1.69. The Morgan fingerprint density at radius 1 is 1.40 bits per heavy atom. The Bertz CT molecular complexity index is 233. The van der Waals surface area contributed by atoms with Gasteiger partial charge in [-0.3, -0.25) is 9.59 Å². The highest BCUT2D eigenvalue weighted by molar-refractivity contribution is 5.94. The molecule has 0 aliphatic carbocycles. The average molecular weight is 218 g/mol. The van der Waals surface area contributed by atoms with E-state index in [1.54, 1.807) is 0 Å². The van der Waals surface area contributed by atoms with E-state index in [1.165, 1.54) is 6.92 Å². The first-order valence-electron chi connectivity index (χ1n) is 4.05. The van der Waals surface area contributed by atoms with Gasteiger partial charge in [0.25, 0.3) is 0 Å². The molecule has 0 aliphatic rings. The van der Waals surface area contributed by atoms with E-state index in [0.717, 1.165) is 6.08 Å². The van der Waals surface area contributed by atoms with Crippen LogP contribution in [0.3, 0.4) is 0 Å². The van der Waals surface area contributed by atoms with Crippen LogP contribution < -0.4 is 0 Å². The quantitative estimate of drug-likeness (QED) is 0.375. The minimum absolute atomic E-state index is 0.0356. The largest absolute Gasteiger partial charge is 0.478 e. The van der Waals surface area contributed by atoms with Crippen molar-refractivity contribution in [3.8, 4) is 0 Å². The van der Waals surface area contributed by atoms with E-state index in [4.69, 9.17) is 10.2 Å². The van der Waals surface area contributed by atoms with E-state index in [9.17, 15) is 14.4 Å². The van der Waals surface area contributed by atoms with Crippen molar-refractivity contribution in [2.45, 2.75) is 13.3 Å². The summed E-state index contributed by atoms with van der Waals surface area (Å²) in [7, 11) is 0. The van der Waals surface area contributed by atoms with Crippen molar-refractivity contribution in [2.75, 3.05) is 13.2 Å². The van der Waals surface area contributed by atoms with Gasteiger partial charge in [-0.05, 0) is 6.92 Å². The first kappa shape index (κ1) is 15.8. The van der Waals surface area contributed by atoms with Gasteiger partial charge in [-0.1, -0.05) is 6.58 Å². The van der Waals surface area contributed by atoms with Gasteiger partial charge >= 0.3 is 11.9 Å². The lowest BCUT2D eigenvalue weighted by Crippen LogP contribution is -2.11. The fourth-order valence-corrected chi connectivity index (χ4v) is 0.414. The van der Waals surface area contributed by atoms with Crippen molar-refractivity contribution in [3.05, 3.63) is 12.7 Å². The van der Waals surface area contributed by atoms with Gasteiger partial charge in [-0.25, -0.2) is 4.79 Å². The molecule has 0 rings (SSSR count). The lowest BCUT2D eigenvalue weighted by Gasteiger charge is -1.98. The number of carboxylic acid groups (broad SMARTS) is 1. The van der Waals surface area contributed by atoms with Crippen LogP contribution in [-0.4, -0.2) is 41.1 Å². The molecule has 0 aliphatic heterocycles. The molecule has 0 aromatic heterocycles. The molecular formula is C9H14O6. The second-order valence-electron chi connectivity index (χ2n) is 2.37. The van der Waals surface area contributed by atoms with Gasteiger partial charge < -0.3 is 14.9 Å². The van der Waals surface area contributed by atoms with Gasteiger partial charge in [0.1, 0.15) is 18.8 Å². The number of carbonyl (C=O) groups is 3. The minimum Gasteiger partial charge on any atom is -0.478 e. The number of hydrogen-bond acceptors (Lipinski definition) is 5. The van der Waals surface area contributed by atoms with E-state index in [0.29, 0.717) is 0 Å². The third-order valence-corrected chi connectivity index (χ3v) is 0.922. The molecule has 0 heterocycles. The number of aliphatic hydroxyl groups is 1. The maximum atomic E-state index is 10.5. The predicted molar refractivity (Wildman–Crippen MR) is 51.2 cm³/mol. The van der Waals surface area contributed by atoms with E-state index < -0.39 is 11.9 Å². The average Bonchev–Trinajstić information content (AvgIpc) is 2.14. The van der Waals surface area contributed by atoms with Crippen LogP contribution in [0.5, 0.6) is 0 Å². The molecule has 15 heavy (non-hydrogen) atoms. The van der Waals surface area contributed by atoms with Crippen LogP contribution >= 0.6 is 0 Å². The Kier molecular flexibility index (Phi) is 10.9. The minimum atomic E-state index is -0.981. The summed E-state index contributed by atoms with van der Waals surface area (Å²) in [4.78, 5) is 30.0. The van der Waals surface area contributed by atoms with Crippen LogP contribution in [0.2, 0.25) is 0 Å². The SMILES string of the molecule is C=CC(=O)O.CC(=O)CC(=O)OCCO. The number of carboxylic acids is 1. The number of aliphatic carboxylic acids is 1. The summed E-state index contributed by atoms with van der Waals surface area (Å²) in [5, 5.41) is 15.8. The van der Waals surface area contributed by atoms with Crippen molar-refractivity contribution in [1.29, 1.82) is 0 Å². The first-order valence-corrected chi connectivity index (χ1v) is 4.05. The van der Waals surface area contributed by atoms with Gasteiger partial charge in [-0.2, -0.15) is 0 Å². The molecule has 6 nitrogen and oxygen atoms in total. The van der Waals surface area contributed by atoms with Gasteiger partial charge in [0.15, 0.2) is 0 Å². The van der Waals surface area contributed by atoms with E-state index >= 15 is 0 Å². The normalized spacial score (nSPS) is 8.13. The zero-order valence-corrected chi connectivity index (χ0v) is 8.43. The number of ketones is 1. The van der Waals surface area contributed by atoms with Crippen LogP contribution in [0.1, 0.15) is 13.3 Å². The van der Waals surface area contributed by atoms with E-state index in [-0.39, 0.29) is 25.4 Å². The highest BCUT2D eigenvalue weighted by Gasteiger charge is 2.04. The van der Waals surface area contributed by atoms with Crippen molar-refractivity contribution in [3.63, 3.8) is 0 Å². The van der Waals surface area contributed by atoms with E-state index in [2.05, 4.69) is 11.3 Å². The number of ether oxygens (including phenoxy) is 1. The summed E-state index contributed by atoms with van der Waals surface area (Å²) in [6, 6.07) is 0. The third kappa shape index (κ3) is 18.9. The van der Waals surface area contributed by atoms with Crippen molar-refractivity contribution < 1.29 is 29.3 Å². The molecule has 0 saturated carbocycles. The summed E-state index contributed by atoms with van der Waals surface area (Å²) in [6.45, 7) is 4.03. The van der Waals surface area contributed by atoms with Crippen molar-refractivity contribution in [2.24, 2.45) is 0 Å². The zero-order chi connectivity index (χ0) is 12.3. The number of aliphatic hydroxyl groups excluding tert-OH is 1. The number of esters is 1. The molecule has 0 radical (unpaired) electrons. The summed E-state index contributed by atoms with van der Waals surface area (Å²) in [5.74, 6) is -1.80. The number of carbonyl (C=O) groups excluding carboxylic acids is 2. The van der Waals surface area contributed by atoms with Crippen LogP contribution in [-0.2, 0) is 19.1 Å². The molecule has 2 N–H and O–H groups in total. The molecule has 0 saturated heterocycles. The predicted octanol–water partition coefficient (Wildman–Crippen LogP) is -0.242. The smallest absolute Gasteiger partial charge is 0.327 e. The summed E-state index contributed by atoms with van der Waals surface area (Å²) in [6.07, 6.45) is 0.625. The Morgan fingerprint density at radius 3 is 2.13 bits per heavy atom. The number of hydrogen-bond donors (Lipinski definition) is 2. The molecule has 0 fully saturated rings. The summed E-state index contributed by atoms with van der Waals surface area (Å²) >= 11 is 0. The fraction of sp³-hybridized carbons (Fsp3) is 0.444. The number of rotatable bonds is 5. The zero-order valence-electron chi connectivity index (χ0n) is 8.43. The highest BCUT2D eigenvalue weighted by atomic mass is 16.5. The molecule has 0 aromatic rings. The lowest BCUT2D eigenvalue weighted by molar-refractivity contribution is -0.146. The topological polar surface area (TPSA) is 101 Å². The van der Waals surface area contributed by atoms with Gasteiger partial charge in [0.2, 0.25) is 0 Å². The van der Waals surface area contributed by atoms with Crippen molar-refractivity contribution >= 4 is 17.7 Å². The maximum Gasteiger partial charge on any atom is 0.327 e. The summed E-state index contributed by atoms with van der Waals surface area (Å²) < 4.78 is 4.39. The van der Waals surface area contributed by atoms with Gasteiger partial charge in [0, 0.05) is 6.08 Å². The molecule has 0 unspecified atom stereocenters. The van der Waals surface area contributed by atoms with Crippen molar-refractivity contribution in [1.82, 2.24) is 0 Å². The molecule has 0 amide bonds. The van der Waals surface area contributed by atoms with Gasteiger partial charge in [0.05, 0.1) is 6.61 Å². The fourth-order valence-electron chi connectivity index (χ4n) is 0.414. The van der Waals surface area contributed by atoms with E-state index in [1.807, 2.05) is 0 Å². The standard InChI is InChI=1S/C6H10O4.C3H4O2/c1-5(8)4-6(9)10-3-2-7;1-2-3(4)5/h7H,2-4H2,1H3;2H,1H2,(H,4,5).